The highest BCUT2D eigenvalue weighted by atomic mass is 32.1. The molecule has 2 aliphatic carbocycles. The van der Waals surface area contributed by atoms with Crippen LogP contribution in [-0.2, 0) is 5.41 Å². The maximum atomic E-state index is 7.19. The van der Waals surface area contributed by atoms with Crippen LogP contribution in [0.2, 0.25) is 0 Å². The molecule has 7 aromatic carbocycles. The van der Waals surface area contributed by atoms with Crippen molar-refractivity contribution in [2.45, 2.75) is 18.8 Å². The SMILES string of the molecule is CC1C=CC(C2(c3ccc(N(c4ccccc4)c4cccc5sc6ccccc6c45)c4c3oc3ccccc34)c3ccccc3-c3ccccc32)=CC1. The summed E-state index contributed by atoms with van der Waals surface area (Å²) in [7, 11) is 0. The van der Waals surface area contributed by atoms with Gasteiger partial charge in [-0.3, -0.25) is 0 Å². The highest BCUT2D eigenvalue weighted by molar-refractivity contribution is 7.26. The highest BCUT2D eigenvalue weighted by Gasteiger charge is 2.48. The Morgan fingerprint density at radius 2 is 1.25 bits per heavy atom. The van der Waals surface area contributed by atoms with Crippen molar-refractivity contribution in [1.29, 1.82) is 0 Å². The van der Waals surface area contributed by atoms with Crippen LogP contribution in [0.15, 0.2) is 186 Å². The van der Waals surface area contributed by atoms with Crippen LogP contribution in [0, 0.1) is 5.92 Å². The van der Waals surface area contributed by atoms with E-state index in [9.17, 15) is 0 Å². The summed E-state index contributed by atoms with van der Waals surface area (Å²) in [6.45, 7) is 2.30. The Morgan fingerprint density at radius 3 is 2.02 bits per heavy atom. The van der Waals surface area contributed by atoms with Crippen LogP contribution in [0.3, 0.4) is 0 Å². The van der Waals surface area contributed by atoms with Gasteiger partial charge in [-0.1, -0.05) is 140 Å². The summed E-state index contributed by atoms with van der Waals surface area (Å²) in [4.78, 5) is 2.46. The van der Waals surface area contributed by atoms with Crippen LogP contribution in [0.4, 0.5) is 17.1 Å². The first-order valence-electron chi connectivity index (χ1n) is 18.5. The average Bonchev–Trinajstić information content (AvgIpc) is 3.88. The predicted molar refractivity (Wildman–Crippen MR) is 224 cm³/mol. The molecular formula is C50H35NOS. The molecule has 0 saturated carbocycles. The van der Waals surface area contributed by atoms with Gasteiger partial charge < -0.3 is 9.32 Å². The quantitative estimate of drug-likeness (QED) is 0.178. The number of allylic oxidation sites excluding steroid dienone is 4. The Labute approximate surface area is 312 Å². The van der Waals surface area contributed by atoms with E-state index in [-0.39, 0.29) is 0 Å². The van der Waals surface area contributed by atoms with E-state index in [4.69, 9.17) is 4.42 Å². The van der Waals surface area contributed by atoms with Crippen LogP contribution in [0.1, 0.15) is 30.0 Å². The van der Waals surface area contributed by atoms with Crippen LogP contribution in [0.25, 0.3) is 53.2 Å². The number of anilines is 3. The van der Waals surface area contributed by atoms with Crippen molar-refractivity contribution in [1.82, 2.24) is 0 Å². The van der Waals surface area contributed by atoms with Crippen LogP contribution < -0.4 is 4.90 Å². The molecule has 2 nitrogen and oxygen atoms in total. The minimum Gasteiger partial charge on any atom is -0.456 e. The minimum atomic E-state index is -0.560. The Kier molecular flexibility index (Phi) is 6.71. The van der Waals surface area contributed by atoms with Crippen molar-refractivity contribution in [2.24, 2.45) is 5.92 Å². The first kappa shape index (κ1) is 30.5. The summed E-state index contributed by atoms with van der Waals surface area (Å²) in [6, 6.07) is 57.6. The first-order valence-corrected chi connectivity index (χ1v) is 19.3. The summed E-state index contributed by atoms with van der Waals surface area (Å²) >= 11 is 1.86. The van der Waals surface area contributed by atoms with E-state index >= 15 is 0 Å². The Hall–Kier alpha value is -6.16. The van der Waals surface area contributed by atoms with E-state index in [2.05, 4.69) is 188 Å². The second-order valence-corrected chi connectivity index (χ2v) is 15.5. The molecule has 9 aromatic rings. The zero-order valence-corrected chi connectivity index (χ0v) is 30.1. The molecule has 0 saturated heterocycles. The number of hydrogen-bond acceptors (Lipinski definition) is 3. The maximum Gasteiger partial charge on any atom is 0.142 e. The largest absolute Gasteiger partial charge is 0.456 e. The number of nitrogens with zero attached hydrogens (tertiary/aromatic N) is 1. The van der Waals surface area contributed by atoms with E-state index in [1.165, 1.54) is 53.6 Å². The minimum absolute atomic E-state index is 0.492. The zero-order valence-electron chi connectivity index (χ0n) is 29.3. The third-order valence-electron chi connectivity index (χ3n) is 11.5. The van der Waals surface area contributed by atoms with Crippen molar-refractivity contribution in [3.05, 3.63) is 198 Å². The van der Waals surface area contributed by atoms with E-state index in [1.807, 2.05) is 11.3 Å². The monoisotopic (exact) mass is 697 g/mol. The van der Waals surface area contributed by atoms with Gasteiger partial charge in [-0.05, 0) is 82.6 Å². The van der Waals surface area contributed by atoms with Gasteiger partial charge in [0.15, 0.2) is 0 Å². The fraction of sp³-hybridized carbons (Fsp3) is 0.0800. The van der Waals surface area contributed by atoms with Crippen LogP contribution in [0.5, 0.6) is 0 Å². The molecule has 0 N–H and O–H groups in total. The third kappa shape index (κ3) is 4.32. The van der Waals surface area contributed by atoms with Crippen molar-refractivity contribution in [2.75, 3.05) is 4.90 Å². The Bertz CT molecular complexity index is 2920. The Balaban J connectivity index is 1.28. The van der Waals surface area contributed by atoms with Gasteiger partial charge in [-0.25, -0.2) is 0 Å². The van der Waals surface area contributed by atoms with Crippen LogP contribution >= 0.6 is 11.3 Å². The van der Waals surface area contributed by atoms with Gasteiger partial charge in [0.1, 0.15) is 11.2 Å². The second kappa shape index (κ2) is 11.7. The number of benzene rings is 7. The van der Waals surface area contributed by atoms with Crippen molar-refractivity contribution in [3.63, 3.8) is 0 Å². The molecule has 1 unspecified atom stereocenters. The van der Waals surface area contributed by atoms with Gasteiger partial charge in [0, 0.05) is 36.8 Å². The van der Waals surface area contributed by atoms with E-state index < -0.39 is 5.41 Å². The molecule has 0 bridgehead atoms. The number of furan rings is 1. The highest BCUT2D eigenvalue weighted by Crippen LogP contribution is 2.60. The first-order chi connectivity index (χ1) is 26.2. The van der Waals surface area contributed by atoms with Gasteiger partial charge in [-0.2, -0.15) is 0 Å². The Morgan fingerprint density at radius 1 is 0.585 bits per heavy atom. The lowest BCUT2D eigenvalue weighted by Crippen LogP contribution is -2.30. The molecule has 2 heterocycles. The molecule has 252 valence electrons. The molecule has 0 aliphatic heterocycles. The number of para-hydroxylation sites is 2. The molecule has 2 aliphatic rings. The van der Waals surface area contributed by atoms with Crippen molar-refractivity contribution < 1.29 is 4.42 Å². The standard InChI is InChI=1S/C50H35NOS/c1-32-26-28-33(29-27-32)50(39-20-9-5-16-35(39)36-17-6-10-21-40(36)50)41-30-31-43(48-37-18-7-11-23-44(37)52-49(41)48)51(34-14-3-2-4-15-34)42-22-13-25-46-47(42)38-19-8-12-24-45(38)53-46/h2-26,28-32H,27H2,1H3. The average molecular weight is 698 g/mol. The normalized spacial score (nSPS) is 15.9. The van der Waals surface area contributed by atoms with Gasteiger partial charge in [-0.15, -0.1) is 11.3 Å². The lowest BCUT2D eigenvalue weighted by Gasteiger charge is -2.36. The summed E-state index contributed by atoms with van der Waals surface area (Å²) < 4.78 is 9.76. The van der Waals surface area contributed by atoms with Gasteiger partial charge in [0.05, 0.1) is 22.2 Å². The van der Waals surface area contributed by atoms with Gasteiger partial charge in [0.25, 0.3) is 0 Å². The molecule has 53 heavy (non-hydrogen) atoms. The van der Waals surface area contributed by atoms with Crippen molar-refractivity contribution in [3.8, 4) is 11.1 Å². The molecule has 0 amide bonds. The number of hydrogen-bond donors (Lipinski definition) is 0. The van der Waals surface area contributed by atoms with Gasteiger partial charge in [0.2, 0.25) is 0 Å². The summed E-state index contributed by atoms with van der Waals surface area (Å²) in [5.41, 5.74) is 12.3. The summed E-state index contributed by atoms with van der Waals surface area (Å²) in [5, 5.41) is 4.77. The molecular weight excluding hydrogens is 663 g/mol. The molecule has 0 radical (unpaired) electrons. The molecule has 1 atom stereocenters. The number of rotatable bonds is 5. The fourth-order valence-corrected chi connectivity index (χ4v) is 10.3. The van der Waals surface area contributed by atoms with E-state index in [1.54, 1.807) is 0 Å². The smallest absolute Gasteiger partial charge is 0.142 e. The lowest BCUT2D eigenvalue weighted by molar-refractivity contribution is 0.642. The van der Waals surface area contributed by atoms with Gasteiger partial charge >= 0.3 is 0 Å². The second-order valence-electron chi connectivity index (χ2n) is 14.4. The van der Waals surface area contributed by atoms with E-state index in [0.717, 1.165) is 45.4 Å². The predicted octanol–water partition coefficient (Wildman–Crippen LogP) is 14.3. The zero-order chi connectivity index (χ0) is 35.1. The summed E-state index contributed by atoms with van der Waals surface area (Å²) in [6.07, 6.45) is 8.24. The van der Waals surface area contributed by atoms with Crippen LogP contribution in [-0.4, -0.2) is 0 Å². The molecule has 2 aromatic heterocycles. The summed E-state index contributed by atoms with van der Waals surface area (Å²) in [5.74, 6) is 0.492. The number of thiophene rings is 1. The molecule has 0 fully saturated rings. The third-order valence-corrected chi connectivity index (χ3v) is 12.6. The van der Waals surface area contributed by atoms with E-state index in [0.29, 0.717) is 5.92 Å². The maximum absolute atomic E-state index is 7.19. The van der Waals surface area contributed by atoms with Crippen molar-refractivity contribution >= 4 is 70.5 Å². The molecule has 11 rings (SSSR count). The number of fused-ring (bicyclic) bond motifs is 9. The fourth-order valence-electron chi connectivity index (χ4n) is 9.22. The topological polar surface area (TPSA) is 16.4 Å². The lowest BCUT2D eigenvalue weighted by atomic mass is 9.65. The molecule has 3 heteroatoms. The molecule has 0 spiro atoms.